The van der Waals surface area contributed by atoms with Crippen LogP contribution in [-0.2, 0) is 33.3 Å². The summed E-state index contributed by atoms with van der Waals surface area (Å²) in [4.78, 5) is 37.1. The molecule has 0 rings (SSSR count). The largest absolute Gasteiger partial charge is 0.477 e. The lowest BCUT2D eigenvalue weighted by atomic mass is 10.1. The van der Waals surface area contributed by atoms with Gasteiger partial charge in [0.1, 0.15) is 13.2 Å². The lowest BCUT2D eigenvalue weighted by molar-refractivity contribution is -0.870. The molecule has 0 aliphatic rings. The second-order valence-electron chi connectivity index (χ2n) is 16.3. The van der Waals surface area contributed by atoms with E-state index in [2.05, 4.69) is 86.8 Å². The van der Waals surface area contributed by atoms with Gasteiger partial charge < -0.3 is 28.5 Å². The van der Waals surface area contributed by atoms with Crippen LogP contribution in [0.15, 0.2) is 85.1 Å². The maximum atomic E-state index is 12.7. The van der Waals surface area contributed by atoms with Gasteiger partial charge in [-0.25, -0.2) is 4.79 Å². The molecular formula is C51H86NO8+. The second-order valence-corrected chi connectivity index (χ2v) is 16.3. The predicted molar refractivity (Wildman–Crippen MR) is 249 cm³/mol. The van der Waals surface area contributed by atoms with Crippen molar-refractivity contribution in [3.8, 4) is 0 Å². The van der Waals surface area contributed by atoms with Crippen molar-refractivity contribution >= 4 is 17.9 Å². The second kappa shape index (κ2) is 42.2. The van der Waals surface area contributed by atoms with Gasteiger partial charge in [0, 0.05) is 12.8 Å². The zero-order valence-corrected chi connectivity index (χ0v) is 38.6. The zero-order chi connectivity index (χ0) is 44.2. The molecule has 342 valence electrons. The van der Waals surface area contributed by atoms with Crippen LogP contribution in [0.5, 0.6) is 0 Å². The highest BCUT2D eigenvalue weighted by atomic mass is 16.7. The van der Waals surface area contributed by atoms with E-state index in [-0.39, 0.29) is 38.6 Å². The van der Waals surface area contributed by atoms with Gasteiger partial charge in [-0.15, -0.1) is 0 Å². The van der Waals surface area contributed by atoms with Crippen LogP contribution in [0.3, 0.4) is 0 Å². The van der Waals surface area contributed by atoms with E-state index in [1.54, 1.807) is 0 Å². The first-order valence-electron chi connectivity index (χ1n) is 23.3. The third-order valence-corrected chi connectivity index (χ3v) is 9.40. The molecule has 60 heavy (non-hydrogen) atoms. The van der Waals surface area contributed by atoms with E-state index in [0.29, 0.717) is 17.4 Å². The van der Waals surface area contributed by atoms with E-state index < -0.39 is 24.3 Å². The Kier molecular flexibility index (Phi) is 39.7. The van der Waals surface area contributed by atoms with Crippen molar-refractivity contribution in [3.05, 3.63) is 85.1 Å². The number of hydrogen-bond acceptors (Lipinski definition) is 7. The van der Waals surface area contributed by atoms with Crippen LogP contribution >= 0.6 is 0 Å². The fourth-order valence-electron chi connectivity index (χ4n) is 5.80. The molecule has 0 bridgehead atoms. The van der Waals surface area contributed by atoms with Crippen molar-refractivity contribution in [3.63, 3.8) is 0 Å². The minimum absolute atomic E-state index is 0.129. The number of carboxylic acid groups (broad SMARTS) is 1. The molecule has 0 aliphatic carbocycles. The Morgan fingerprint density at radius 3 is 1.48 bits per heavy atom. The van der Waals surface area contributed by atoms with Crippen LogP contribution in [-0.4, -0.2) is 87.4 Å². The Balaban J connectivity index is 4.58. The van der Waals surface area contributed by atoms with Crippen molar-refractivity contribution in [2.45, 2.75) is 174 Å². The molecule has 0 aromatic carbocycles. The lowest BCUT2D eigenvalue weighted by Crippen LogP contribution is -2.40. The summed E-state index contributed by atoms with van der Waals surface area (Å²) < 4.78 is 22.6. The van der Waals surface area contributed by atoms with E-state index in [0.717, 1.165) is 77.0 Å². The van der Waals surface area contributed by atoms with Crippen LogP contribution in [0.2, 0.25) is 0 Å². The fraction of sp³-hybridized carbons (Fsp3) is 0.667. The molecule has 0 spiro atoms. The smallest absolute Gasteiger partial charge is 0.361 e. The quantitative estimate of drug-likeness (QED) is 0.0213. The van der Waals surface area contributed by atoms with Crippen LogP contribution in [0.1, 0.15) is 162 Å². The molecule has 0 saturated heterocycles. The molecule has 0 saturated carbocycles. The summed E-state index contributed by atoms with van der Waals surface area (Å²) in [5, 5.41) is 9.64. The number of carbonyl (C=O) groups is 3. The maximum absolute atomic E-state index is 12.7. The van der Waals surface area contributed by atoms with Crippen LogP contribution in [0.4, 0.5) is 0 Å². The summed E-state index contributed by atoms with van der Waals surface area (Å²) in [6, 6.07) is 0. The summed E-state index contributed by atoms with van der Waals surface area (Å²) >= 11 is 0. The van der Waals surface area contributed by atoms with Crippen molar-refractivity contribution in [2.24, 2.45) is 0 Å². The molecule has 0 fully saturated rings. The molecule has 0 amide bonds. The first-order valence-corrected chi connectivity index (χ1v) is 23.3. The molecule has 2 atom stereocenters. The number of unbranched alkanes of at least 4 members (excludes halogenated alkanes) is 12. The standard InChI is InChI=1S/C51H85NO8/c1-6-8-10-12-14-16-18-20-22-24-25-26-28-30-32-34-36-38-40-42-49(54)60-47(46-59-51(50(55)56)57-44-43-52(3,4)5)45-58-48(53)41-39-37-35-33-31-29-27-23-21-19-17-15-13-11-9-7-2/h8,10,14,16,20,22-23,25-27,30,32,36,38,47,51H,6-7,9,11-13,15,17-19,21,24,28-29,31,33-35,37,39-46H2,1-5H3/p+1/b10-8-,16-14-,22-20-,26-25-,27-23-,32-30-,38-36-. The Hall–Kier alpha value is -3.53. The van der Waals surface area contributed by atoms with Crippen molar-refractivity contribution in [2.75, 3.05) is 47.5 Å². The number of likely N-dealkylation sites (N-methyl/N-ethyl adjacent to an activating group) is 1. The monoisotopic (exact) mass is 841 g/mol. The minimum Gasteiger partial charge on any atom is -0.477 e. The van der Waals surface area contributed by atoms with Crippen LogP contribution in [0.25, 0.3) is 0 Å². The normalized spacial score (nSPS) is 13.7. The topological polar surface area (TPSA) is 108 Å². The average molecular weight is 841 g/mol. The van der Waals surface area contributed by atoms with Crippen molar-refractivity contribution in [1.29, 1.82) is 0 Å². The first kappa shape index (κ1) is 56.5. The first-order chi connectivity index (χ1) is 29.1. The Bertz CT molecular complexity index is 1260. The number of rotatable bonds is 41. The molecule has 2 unspecified atom stereocenters. The van der Waals surface area contributed by atoms with Crippen LogP contribution in [0, 0.1) is 0 Å². The van der Waals surface area contributed by atoms with Crippen molar-refractivity contribution < 1.29 is 42.9 Å². The highest BCUT2D eigenvalue weighted by molar-refractivity contribution is 5.71. The molecule has 1 N–H and O–H groups in total. The number of quaternary nitrogens is 1. The third-order valence-electron chi connectivity index (χ3n) is 9.40. The van der Waals surface area contributed by atoms with Gasteiger partial charge in [0.05, 0.1) is 34.4 Å². The van der Waals surface area contributed by atoms with E-state index in [9.17, 15) is 19.5 Å². The zero-order valence-electron chi connectivity index (χ0n) is 38.6. The van der Waals surface area contributed by atoms with E-state index in [1.807, 2.05) is 33.3 Å². The Labute approximate surface area is 366 Å². The number of allylic oxidation sites excluding steroid dienone is 14. The molecular weight excluding hydrogens is 755 g/mol. The summed E-state index contributed by atoms with van der Waals surface area (Å²) in [5.41, 5.74) is 0. The summed E-state index contributed by atoms with van der Waals surface area (Å²) in [7, 11) is 5.92. The minimum atomic E-state index is -1.53. The summed E-state index contributed by atoms with van der Waals surface area (Å²) in [5.74, 6) is -2.14. The molecule has 9 heteroatoms. The van der Waals surface area contributed by atoms with Crippen molar-refractivity contribution in [1.82, 2.24) is 0 Å². The third kappa shape index (κ3) is 42.6. The molecule has 0 heterocycles. The maximum Gasteiger partial charge on any atom is 0.361 e. The SMILES string of the molecule is CC/C=C\C/C=C\C/C=C\C/C=C\C/C=C\C/C=C\CCC(=O)OC(COC(=O)CCCCCCC/C=C\CCCCCCCCC)COC(OCC[N+](C)(C)C)C(=O)O. The van der Waals surface area contributed by atoms with Gasteiger partial charge in [-0.3, -0.25) is 9.59 Å². The summed E-state index contributed by atoms with van der Waals surface area (Å²) in [6.45, 7) is 4.64. The Morgan fingerprint density at radius 2 is 0.983 bits per heavy atom. The molecule has 0 aliphatic heterocycles. The van der Waals surface area contributed by atoms with Gasteiger partial charge in [-0.1, -0.05) is 157 Å². The van der Waals surface area contributed by atoms with E-state index in [1.165, 1.54) is 51.4 Å². The van der Waals surface area contributed by atoms with Gasteiger partial charge in [0.25, 0.3) is 6.29 Å². The number of nitrogens with zero attached hydrogens (tertiary/aromatic N) is 1. The predicted octanol–water partition coefficient (Wildman–Crippen LogP) is 12.5. The van der Waals surface area contributed by atoms with Gasteiger partial charge >= 0.3 is 17.9 Å². The number of ether oxygens (including phenoxy) is 4. The number of carboxylic acids is 1. The van der Waals surface area contributed by atoms with Gasteiger partial charge in [0.15, 0.2) is 6.10 Å². The van der Waals surface area contributed by atoms with E-state index in [4.69, 9.17) is 18.9 Å². The molecule has 0 radical (unpaired) electrons. The number of carbonyl (C=O) groups excluding carboxylic acids is 2. The molecule has 9 nitrogen and oxygen atoms in total. The molecule has 0 aromatic heterocycles. The fourth-order valence-corrected chi connectivity index (χ4v) is 5.80. The average Bonchev–Trinajstić information content (AvgIpc) is 3.21. The number of esters is 2. The van der Waals surface area contributed by atoms with E-state index >= 15 is 0 Å². The highest BCUT2D eigenvalue weighted by Gasteiger charge is 2.25. The van der Waals surface area contributed by atoms with Gasteiger partial charge in [-0.2, -0.15) is 0 Å². The van der Waals surface area contributed by atoms with Gasteiger partial charge in [-0.05, 0) is 77.0 Å². The molecule has 0 aromatic rings. The lowest BCUT2D eigenvalue weighted by Gasteiger charge is -2.25. The summed E-state index contributed by atoms with van der Waals surface area (Å²) in [6.07, 6.45) is 50.9. The number of hydrogen-bond donors (Lipinski definition) is 1. The Morgan fingerprint density at radius 1 is 0.517 bits per heavy atom. The highest BCUT2D eigenvalue weighted by Crippen LogP contribution is 2.12. The van der Waals surface area contributed by atoms with Crippen LogP contribution < -0.4 is 0 Å². The number of aliphatic carboxylic acids is 1. The van der Waals surface area contributed by atoms with Gasteiger partial charge in [0.2, 0.25) is 0 Å².